The zero-order valence-electron chi connectivity index (χ0n) is 11.8. The number of hydrogen-bond acceptors (Lipinski definition) is 5. The minimum Gasteiger partial charge on any atom is -0.368 e. The fraction of sp³-hybridized carbons (Fsp3) is 0.750. The first-order valence-corrected chi connectivity index (χ1v) is 7.79. The highest BCUT2D eigenvalue weighted by molar-refractivity contribution is 7.99. The highest BCUT2D eigenvalue weighted by atomic mass is 32.2. The first-order chi connectivity index (χ1) is 9.51. The lowest BCUT2D eigenvalue weighted by atomic mass is 9.94. The second-order valence-corrected chi connectivity index (χ2v) is 6.14. The Morgan fingerprint density at radius 2 is 2.35 bits per heavy atom. The van der Waals surface area contributed by atoms with Crippen LogP contribution >= 0.6 is 11.8 Å². The molecule has 0 radical (unpaired) electrons. The van der Waals surface area contributed by atoms with Gasteiger partial charge < -0.3 is 11.1 Å². The summed E-state index contributed by atoms with van der Waals surface area (Å²) < 4.78 is 1.43. The predicted octanol–water partition coefficient (Wildman–Crippen LogP) is -0.166. The topological polar surface area (TPSA) is 106 Å². The smallest absolute Gasteiger partial charge is 0.343 e. The second kappa shape index (κ2) is 6.01. The third kappa shape index (κ3) is 2.90. The molecule has 4 N–H and O–H groups in total. The van der Waals surface area contributed by atoms with Gasteiger partial charge in [0.2, 0.25) is 5.91 Å². The largest absolute Gasteiger partial charge is 0.368 e. The van der Waals surface area contributed by atoms with Crippen molar-refractivity contribution >= 4 is 17.7 Å². The lowest BCUT2D eigenvalue weighted by Crippen LogP contribution is -2.59. The van der Waals surface area contributed by atoms with Crippen LogP contribution in [0.1, 0.15) is 26.2 Å². The van der Waals surface area contributed by atoms with Gasteiger partial charge in [-0.3, -0.25) is 9.36 Å². The highest BCUT2D eigenvalue weighted by Gasteiger charge is 2.49. The summed E-state index contributed by atoms with van der Waals surface area (Å²) in [6.07, 6.45) is 2.97. The standard InChI is InChI=1S/C12H21N5O2S/c1-3-6-14-12(9(13)18,8-4-5-8)7-20-11-16-15-10(19)17(11)2/h8,14H,3-7H2,1-2H3,(H2,13,18)(H,15,19). The van der Waals surface area contributed by atoms with Crippen molar-refractivity contribution in [2.75, 3.05) is 12.3 Å². The van der Waals surface area contributed by atoms with Gasteiger partial charge in [-0.25, -0.2) is 9.89 Å². The number of nitrogens with zero attached hydrogens (tertiary/aromatic N) is 2. The molecule has 20 heavy (non-hydrogen) atoms. The fourth-order valence-corrected chi connectivity index (χ4v) is 3.46. The van der Waals surface area contributed by atoms with Crippen molar-refractivity contribution in [2.24, 2.45) is 18.7 Å². The fourth-order valence-electron chi connectivity index (χ4n) is 2.24. The third-order valence-electron chi connectivity index (χ3n) is 3.67. The molecule has 1 aliphatic rings. The van der Waals surface area contributed by atoms with Crippen LogP contribution in [0, 0.1) is 5.92 Å². The summed E-state index contributed by atoms with van der Waals surface area (Å²) in [5.74, 6) is 0.460. The van der Waals surface area contributed by atoms with Gasteiger partial charge in [0.1, 0.15) is 5.54 Å². The molecular formula is C12H21N5O2S. The molecule has 0 bridgehead atoms. The van der Waals surface area contributed by atoms with Crippen LogP contribution in [-0.4, -0.2) is 38.5 Å². The minimum atomic E-state index is -0.699. The van der Waals surface area contributed by atoms with Crippen molar-refractivity contribution in [1.82, 2.24) is 20.1 Å². The number of rotatable bonds is 8. The molecule has 1 aliphatic carbocycles. The summed E-state index contributed by atoms with van der Waals surface area (Å²) in [4.78, 5) is 23.3. The molecule has 0 aliphatic heterocycles. The van der Waals surface area contributed by atoms with Gasteiger partial charge in [0.15, 0.2) is 5.16 Å². The first kappa shape index (κ1) is 15.1. The average molecular weight is 299 g/mol. The zero-order chi connectivity index (χ0) is 14.8. The molecule has 2 rings (SSSR count). The van der Waals surface area contributed by atoms with Gasteiger partial charge in [-0.2, -0.15) is 0 Å². The Labute approximate surface area is 121 Å². The van der Waals surface area contributed by atoms with Gasteiger partial charge in [-0.05, 0) is 31.7 Å². The summed E-state index contributed by atoms with van der Waals surface area (Å²) in [5, 5.41) is 10.2. The Balaban J connectivity index is 2.13. The van der Waals surface area contributed by atoms with Crippen LogP contribution in [0.4, 0.5) is 0 Å². The van der Waals surface area contributed by atoms with Crippen LogP contribution in [0.2, 0.25) is 0 Å². The lowest BCUT2D eigenvalue weighted by Gasteiger charge is -2.31. The number of nitrogens with one attached hydrogen (secondary N) is 2. The number of thioether (sulfide) groups is 1. The van der Waals surface area contributed by atoms with Gasteiger partial charge in [-0.15, -0.1) is 5.10 Å². The number of amides is 1. The second-order valence-electron chi connectivity index (χ2n) is 5.20. The van der Waals surface area contributed by atoms with Crippen molar-refractivity contribution in [3.05, 3.63) is 10.5 Å². The van der Waals surface area contributed by atoms with E-state index in [-0.39, 0.29) is 17.5 Å². The molecule has 1 saturated carbocycles. The number of hydrogen-bond donors (Lipinski definition) is 3. The molecule has 0 aromatic carbocycles. The van der Waals surface area contributed by atoms with E-state index in [0.717, 1.165) is 25.8 Å². The molecule has 1 unspecified atom stereocenters. The quantitative estimate of drug-likeness (QED) is 0.578. The van der Waals surface area contributed by atoms with E-state index in [1.165, 1.54) is 16.3 Å². The van der Waals surface area contributed by atoms with Crippen LogP contribution in [0.5, 0.6) is 0 Å². The molecule has 112 valence electrons. The van der Waals surface area contributed by atoms with E-state index in [0.29, 0.717) is 10.9 Å². The maximum atomic E-state index is 12.0. The van der Waals surface area contributed by atoms with Gasteiger partial charge in [0.05, 0.1) is 0 Å². The Hall–Kier alpha value is -1.28. The van der Waals surface area contributed by atoms with Gasteiger partial charge in [0, 0.05) is 12.8 Å². The van der Waals surface area contributed by atoms with Gasteiger partial charge in [-0.1, -0.05) is 18.7 Å². The maximum Gasteiger partial charge on any atom is 0.343 e. The van der Waals surface area contributed by atoms with Crippen molar-refractivity contribution in [3.8, 4) is 0 Å². The molecule has 1 atom stereocenters. The van der Waals surface area contributed by atoms with Crippen LogP contribution in [0.3, 0.4) is 0 Å². The average Bonchev–Trinajstić information content (AvgIpc) is 3.21. The van der Waals surface area contributed by atoms with Crippen LogP contribution in [0.25, 0.3) is 0 Å². The molecule has 1 heterocycles. The van der Waals surface area contributed by atoms with Crippen molar-refractivity contribution in [1.29, 1.82) is 0 Å². The Kier molecular flexibility index (Phi) is 4.54. The Morgan fingerprint density at radius 1 is 1.65 bits per heavy atom. The molecule has 8 heteroatoms. The third-order valence-corrected chi connectivity index (χ3v) is 4.90. The van der Waals surface area contributed by atoms with E-state index in [1.54, 1.807) is 7.05 Å². The van der Waals surface area contributed by atoms with E-state index in [2.05, 4.69) is 22.4 Å². The number of primary amides is 1. The number of carbonyl (C=O) groups excluding carboxylic acids is 1. The molecule has 1 fully saturated rings. The zero-order valence-corrected chi connectivity index (χ0v) is 12.6. The number of H-pyrrole nitrogens is 1. The van der Waals surface area contributed by atoms with Gasteiger partial charge >= 0.3 is 5.69 Å². The SMILES string of the molecule is CCCNC(CSc1n[nH]c(=O)n1C)(C(N)=O)C1CC1. The normalized spacial score (nSPS) is 17.9. The number of aromatic nitrogens is 3. The number of carbonyl (C=O) groups is 1. The van der Waals surface area contributed by atoms with Crippen LogP contribution < -0.4 is 16.7 Å². The van der Waals surface area contributed by atoms with E-state index in [1.807, 2.05) is 0 Å². The molecule has 1 aromatic heterocycles. The molecular weight excluding hydrogens is 278 g/mol. The monoisotopic (exact) mass is 299 g/mol. The Bertz CT molecular complexity index is 536. The summed E-state index contributed by atoms with van der Waals surface area (Å²) >= 11 is 1.38. The summed E-state index contributed by atoms with van der Waals surface area (Å²) in [5.41, 5.74) is 4.69. The summed E-state index contributed by atoms with van der Waals surface area (Å²) in [6, 6.07) is 0. The van der Waals surface area contributed by atoms with Gasteiger partial charge in [0.25, 0.3) is 0 Å². The van der Waals surface area contributed by atoms with E-state index in [4.69, 9.17) is 5.73 Å². The number of nitrogens with two attached hydrogens (primary N) is 1. The summed E-state index contributed by atoms with van der Waals surface area (Å²) in [7, 11) is 1.65. The Morgan fingerprint density at radius 3 is 2.80 bits per heavy atom. The first-order valence-electron chi connectivity index (χ1n) is 6.80. The predicted molar refractivity (Wildman–Crippen MR) is 77.5 cm³/mol. The van der Waals surface area contributed by atoms with Crippen molar-refractivity contribution < 1.29 is 4.79 Å². The maximum absolute atomic E-state index is 12.0. The minimum absolute atomic E-state index is 0.259. The van der Waals surface area contributed by atoms with E-state index < -0.39 is 5.54 Å². The van der Waals surface area contributed by atoms with Crippen LogP contribution in [0.15, 0.2) is 9.95 Å². The molecule has 1 aromatic rings. The van der Waals surface area contributed by atoms with Crippen LogP contribution in [-0.2, 0) is 11.8 Å². The van der Waals surface area contributed by atoms with E-state index >= 15 is 0 Å². The molecule has 0 spiro atoms. The summed E-state index contributed by atoms with van der Waals surface area (Å²) in [6.45, 7) is 2.80. The van der Waals surface area contributed by atoms with Crippen molar-refractivity contribution in [2.45, 2.75) is 36.9 Å². The molecule has 1 amide bonds. The molecule has 7 nitrogen and oxygen atoms in total. The highest BCUT2D eigenvalue weighted by Crippen LogP contribution is 2.42. The lowest BCUT2D eigenvalue weighted by molar-refractivity contribution is -0.124. The van der Waals surface area contributed by atoms with Crippen molar-refractivity contribution in [3.63, 3.8) is 0 Å². The molecule has 0 saturated heterocycles. The number of aromatic amines is 1. The van der Waals surface area contributed by atoms with E-state index in [9.17, 15) is 9.59 Å².